The maximum atomic E-state index is 13.3. The number of fused-ring (bicyclic) bond motifs is 1. The number of ether oxygens (including phenoxy) is 4. The minimum atomic E-state index is -1.02. The molecule has 2 aliphatic rings. The highest BCUT2D eigenvalue weighted by atomic mass is 79.9. The predicted molar refractivity (Wildman–Crippen MR) is 140 cm³/mol. The molecule has 2 aliphatic heterocycles. The number of halogens is 1. The lowest BCUT2D eigenvalue weighted by Gasteiger charge is -2.26. The molecule has 2 heterocycles. The van der Waals surface area contributed by atoms with Gasteiger partial charge in [-0.2, -0.15) is 0 Å². The molecule has 0 radical (unpaired) electrons. The summed E-state index contributed by atoms with van der Waals surface area (Å²) in [6.45, 7) is 0.159. The molecule has 11 nitrogen and oxygen atoms in total. The highest BCUT2D eigenvalue weighted by Gasteiger charge is 2.37. The van der Waals surface area contributed by atoms with Crippen LogP contribution in [0.4, 0.5) is 10.5 Å². The molecule has 1 saturated heterocycles. The van der Waals surface area contributed by atoms with E-state index >= 15 is 0 Å². The summed E-state index contributed by atoms with van der Waals surface area (Å²) in [5.41, 5.74) is 1.25. The molecule has 3 aromatic carbocycles. The Labute approximate surface area is 229 Å². The number of anilines is 1. The quantitative estimate of drug-likeness (QED) is 0.305. The van der Waals surface area contributed by atoms with E-state index in [9.17, 15) is 19.2 Å². The number of amides is 4. The minimum Gasteiger partial charge on any atom is -0.493 e. The van der Waals surface area contributed by atoms with E-state index in [-0.39, 0.29) is 30.2 Å². The van der Waals surface area contributed by atoms with Crippen molar-refractivity contribution >= 4 is 51.5 Å². The monoisotopic (exact) mass is 594 g/mol. The first-order valence-corrected chi connectivity index (χ1v) is 12.2. The van der Waals surface area contributed by atoms with E-state index < -0.39 is 23.8 Å². The van der Waals surface area contributed by atoms with Crippen LogP contribution in [0.5, 0.6) is 23.0 Å². The number of aromatic carboxylic acids is 1. The Hall–Kier alpha value is -4.84. The lowest BCUT2D eigenvalue weighted by atomic mass is 10.1. The first-order valence-electron chi connectivity index (χ1n) is 11.4. The van der Waals surface area contributed by atoms with Crippen LogP contribution < -0.4 is 29.2 Å². The molecule has 0 saturated carbocycles. The van der Waals surface area contributed by atoms with E-state index in [1.165, 1.54) is 37.5 Å². The number of benzene rings is 3. The third kappa shape index (κ3) is 5.14. The van der Waals surface area contributed by atoms with Gasteiger partial charge < -0.3 is 24.1 Å². The van der Waals surface area contributed by atoms with Crippen molar-refractivity contribution in [3.05, 3.63) is 81.3 Å². The van der Waals surface area contributed by atoms with E-state index in [1.807, 2.05) is 0 Å². The number of carboxylic acid groups (broad SMARTS) is 1. The Morgan fingerprint density at radius 1 is 1.05 bits per heavy atom. The fourth-order valence-corrected chi connectivity index (χ4v) is 4.35. The standard InChI is InChI=1S/C27H19BrN2O9/c1-36-21-9-16(19(28)11-23(21)37-12-14-2-4-15(5-3-14)26(33)34)8-18-24(31)29-27(35)30(25(18)32)17-6-7-20-22(10-17)39-13-38-20/h2-11H,12-13H2,1H3,(H,33,34)(H,29,31,35)/b18-8+. The average Bonchev–Trinajstić information content (AvgIpc) is 3.39. The zero-order valence-electron chi connectivity index (χ0n) is 20.2. The Morgan fingerprint density at radius 3 is 2.51 bits per heavy atom. The minimum absolute atomic E-state index is 0.0230. The molecule has 0 bridgehead atoms. The maximum absolute atomic E-state index is 13.3. The Balaban J connectivity index is 1.40. The molecule has 0 aliphatic carbocycles. The van der Waals surface area contributed by atoms with Crippen LogP contribution in [0.1, 0.15) is 21.5 Å². The van der Waals surface area contributed by atoms with Crippen molar-refractivity contribution in [1.29, 1.82) is 0 Å². The van der Waals surface area contributed by atoms with E-state index in [1.54, 1.807) is 30.3 Å². The van der Waals surface area contributed by atoms with Crippen molar-refractivity contribution in [3.8, 4) is 23.0 Å². The van der Waals surface area contributed by atoms with Crippen LogP contribution >= 0.6 is 15.9 Å². The zero-order chi connectivity index (χ0) is 27.7. The highest BCUT2D eigenvalue weighted by Crippen LogP contribution is 2.38. The second kappa shape index (κ2) is 10.5. The van der Waals surface area contributed by atoms with Gasteiger partial charge in [0.15, 0.2) is 23.0 Å². The van der Waals surface area contributed by atoms with E-state index in [0.29, 0.717) is 33.0 Å². The van der Waals surface area contributed by atoms with Crippen LogP contribution in [0.15, 0.2) is 64.6 Å². The van der Waals surface area contributed by atoms with Crippen molar-refractivity contribution < 1.29 is 43.2 Å². The van der Waals surface area contributed by atoms with Crippen molar-refractivity contribution in [3.63, 3.8) is 0 Å². The van der Waals surface area contributed by atoms with Crippen LogP contribution in [0.2, 0.25) is 0 Å². The largest absolute Gasteiger partial charge is 0.493 e. The Kier molecular flexibility index (Phi) is 6.94. The summed E-state index contributed by atoms with van der Waals surface area (Å²) in [5.74, 6) is -1.16. The number of imide groups is 2. The number of urea groups is 1. The first-order chi connectivity index (χ1) is 18.7. The fourth-order valence-electron chi connectivity index (χ4n) is 3.91. The van der Waals surface area contributed by atoms with Crippen molar-refractivity contribution in [2.24, 2.45) is 0 Å². The molecule has 3 aromatic rings. The van der Waals surface area contributed by atoms with E-state index in [0.717, 1.165) is 10.5 Å². The SMILES string of the molecule is COc1cc(/C=C2\C(=O)NC(=O)N(c3ccc4c(c3)OCO4)C2=O)c(Br)cc1OCc1ccc(C(=O)O)cc1. The zero-order valence-corrected chi connectivity index (χ0v) is 21.8. The molecular formula is C27H19BrN2O9. The van der Waals surface area contributed by atoms with Crippen molar-refractivity contribution in [2.75, 3.05) is 18.8 Å². The Bertz CT molecular complexity index is 1550. The van der Waals surface area contributed by atoms with Gasteiger partial charge in [-0.15, -0.1) is 0 Å². The van der Waals surface area contributed by atoms with Gasteiger partial charge in [-0.3, -0.25) is 14.9 Å². The molecule has 0 spiro atoms. The molecule has 5 rings (SSSR count). The molecule has 0 unspecified atom stereocenters. The molecular weight excluding hydrogens is 576 g/mol. The summed E-state index contributed by atoms with van der Waals surface area (Å²) in [6, 6.07) is 13.1. The van der Waals surface area contributed by atoms with Gasteiger partial charge in [-0.25, -0.2) is 14.5 Å². The van der Waals surface area contributed by atoms with Gasteiger partial charge in [0.2, 0.25) is 6.79 Å². The van der Waals surface area contributed by atoms with Crippen LogP contribution in [0.3, 0.4) is 0 Å². The maximum Gasteiger partial charge on any atom is 0.335 e. The topological polar surface area (TPSA) is 141 Å². The normalized spacial score (nSPS) is 15.4. The lowest BCUT2D eigenvalue weighted by molar-refractivity contribution is -0.122. The molecule has 39 heavy (non-hydrogen) atoms. The lowest BCUT2D eigenvalue weighted by Crippen LogP contribution is -2.54. The summed E-state index contributed by atoms with van der Waals surface area (Å²) in [6.07, 6.45) is 1.34. The van der Waals surface area contributed by atoms with Crippen molar-refractivity contribution in [2.45, 2.75) is 6.61 Å². The second-order valence-corrected chi connectivity index (χ2v) is 9.17. The first kappa shape index (κ1) is 25.8. The third-order valence-electron chi connectivity index (χ3n) is 5.89. The number of hydrogen-bond acceptors (Lipinski definition) is 8. The van der Waals surface area contributed by atoms with Crippen LogP contribution in [-0.4, -0.2) is 42.8 Å². The molecule has 12 heteroatoms. The van der Waals surface area contributed by atoms with Crippen LogP contribution in [0, 0.1) is 0 Å². The number of barbiturate groups is 1. The van der Waals surface area contributed by atoms with E-state index in [4.69, 9.17) is 24.1 Å². The number of nitrogens with zero attached hydrogens (tertiary/aromatic N) is 1. The predicted octanol–water partition coefficient (Wildman–Crippen LogP) is 4.13. The van der Waals surface area contributed by atoms with E-state index in [2.05, 4.69) is 21.2 Å². The summed E-state index contributed by atoms with van der Waals surface area (Å²) in [5, 5.41) is 11.2. The number of carboxylic acids is 1. The van der Waals surface area contributed by atoms with Gasteiger partial charge in [0.05, 0.1) is 18.4 Å². The molecule has 1 fully saturated rings. The number of hydrogen-bond donors (Lipinski definition) is 2. The molecule has 0 atom stereocenters. The summed E-state index contributed by atoms with van der Waals surface area (Å²) in [4.78, 5) is 50.4. The number of carbonyl (C=O) groups is 4. The van der Waals surface area contributed by atoms with Crippen molar-refractivity contribution in [1.82, 2.24) is 5.32 Å². The van der Waals surface area contributed by atoms with Gasteiger partial charge in [-0.1, -0.05) is 28.1 Å². The number of rotatable bonds is 7. The van der Waals surface area contributed by atoms with Gasteiger partial charge in [0.25, 0.3) is 11.8 Å². The smallest absolute Gasteiger partial charge is 0.335 e. The summed E-state index contributed by atoms with van der Waals surface area (Å²) < 4.78 is 22.4. The highest BCUT2D eigenvalue weighted by molar-refractivity contribution is 9.10. The number of methoxy groups -OCH3 is 1. The fraction of sp³-hybridized carbons (Fsp3) is 0.111. The van der Waals surface area contributed by atoms with Gasteiger partial charge in [0, 0.05) is 10.5 Å². The summed E-state index contributed by atoms with van der Waals surface area (Å²) in [7, 11) is 1.44. The van der Waals surface area contributed by atoms with Crippen LogP contribution in [-0.2, 0) is 16.2 Å². The second-order valence-electron chi connectivity index (χ2n) is 8.31. The molecule has 2 N–H and O–H groups in total. The number of nitrogens with one attached hydrogen (secondary N) is 1. The Morgan fingerprint density at radius 2 is 1.79 bits per heavy atom. The molecule has 4 amide bonds. The molecule has 0 aromatic heterocycles. The van der Waals surface area contributed by atoms with Gasteiger partial charge in [0.1, 0.15) is 12.2 Å². The average molecular weight is 595 g/mol. The van der Waals surface area contributed by atoms with Crippen LogP contribution in [0.25, 0.3) is 6.08 Å². The molecule has 198 valence electrons. The summed E-state index contributed by atoms with van der Waals surface area (Å²) >= 11 is 3.44. The van der Waals surface area contributed by atoms with Gasteiger partial charge in [-0.05, 0) is 53.6 Å². The van der Waals surface area contributed by atoms with Gasteiger partial charge >= 0.3 is 12.0 Å². The third-order valence-corrected chi connectivity index (χ3v) is 6.58. The number of carbonyl (C=O) groups excluding carboxylic acids is 3.